The fraction of sp³-hybridized carbons (Fsp3) is 0. The number of hydrogen-bond donors (Lipinski definition) is 0. The van der Waals surface area contributed by atoms with Crippen LogP contribution in [0.1, 0.15) is 0 Å². The van der Waals surface area contributed by atoms with Gasteiger partial charge in [-0.15, -0.1) is 11.3 Å². The van der Waals surface area contributed by atoms with Gasteiger partial charge in [0.2, 0.25) is 0 Å². The van der Waals surface area contributed by atoms with Crippen molar-refractivity contribution >= 4 is 91.7 Å². The van der Waals surface area contributed by atoms with Crippen molar-refractivity contribution in [3.05, 3.63) is 200 Å². The van der Waals surface area contributed by atoms with Gasteiger partial charge in [-0.05, 0) is 108 Å². The van der Waals surface area contributed by atoms with Crippen LogP contribution in [0.5, 0.6) is 0 Å². The molecule has 0 fully saturated rings. The van der Waals surface area contributed by atoms with Crippen LogP contribution in [0.4, 0.5) is 17.1 Å². The van der Waals surface area contributed by atoms with E-state index in [0.717, 1.165) is 11.4 Å². The maximum absolute atomic E-state index is 2.44. The third kappa shape index (κ3) is 4.92. The Morgan fingerprint density at radius 2 is 0.889 bits per heavy atom. The van der Waals surface area contributed by atoms with Gasteiger partial charge in [0.25, 0.3) is 0 Å². The zero-order valence-corrected chi connectivity index (χ0v) is 30.2. The molecule has 10 aromatic carbocycles. The van der Waals surface area contributed by atoms with Gasteiger partial charge < -0.3 is 4.90 Å². The number of rotatable bonds is 5. The van der Waals surface area contributed by atoms with Gasteiger partial charge in [-0.1, -0.05) is 158 Å². The van der Waals surface area contributed by atoms with E-state index in [2.05, 4.69) is 205 Å². The number of thiophene rings is 1. The molecule has 0 saturated heterocycles. The summed E-state index contributed by atoms with van der Waals surface area (Å²) in [5.41, 5.74) is 8.28. The quantitative estimate of drug-likeness (QED) is 0.161. The lowest BCUT2D eigenvalue weighted by Crippen LogP contribution is -2.10. The van der Waals surface area contributed by atoms with Gasteiger partial charge in [0.05, 0.1) is 10.4 Å². The third-order valence-electron chi connectivity index (χ3n) is 11.0. The average molecular weight is 704 g/mol. The van der Waals surface area contributed by atoms with Crippen LogP contribution < -0.4 is 4.90 Å². The van der Waals surface area contributed by atoms with Crippen molar-refractivity contribution < 1.29 is 0 Å². The highest BCUT2D eigenvalue weighted by Gasteiger charge is 2.19. The molecule has 0 atom stereocenters. The lowest BCUT2D eigenvalue weighted by molar-refractivity contribution is 1.30. The van der Waals surface area contributed by atoms with Crippen LogP contribution >= 0.6 is 11.3 Å². The van der Waals surface area contributed by atoms with Crippen molar-refractivity contribution in [2.75, 3.05) is 4.90 Å². The molecule has 1 aromatic heterocycles. The van der Waals surface area contributed by atoms with Gasteiger partial charge in [-0.25, -0.2) is 0 Å². The summed E-state index contributed by atoms with van der Waals surface area (Å²) in [6.45, 7) is 0. The fourth-order valence-corrected chi connectivity index (χ4v) is 9.72. The van der Waals surface area contributed by atoms with Crippen LogP contribution in [0.15, 0.2) is 200 Å². The van der Waals surface area contributed by atoms with Crippen molar-refractivity contribution in [1.82, 2.24) is 0 Å². The Morgan fingerprint density at radius 1 is 0.315 bits per heavy atom. The summed E-state index contributed by atoms with van der Waals surface area (Å²) in [6, 6.07) is 73.5. The van der Waals surface area contributed by atoms with E-state index in [4.69, 9.17) is 0 Å². The maximum atomic E-state index is 2.44. The summed E-state index contributed by atoms with van der Waals surface area (Å²) >= 11 is 1.87. The van der Waals surface area contributed by atoms with Crippen LogP contribution in [0.3, 0.4) is 0 Å². The molecule has 0 saturated carbocycles. The summed E-state index contributed by atoms with van der Waals surface area (Å²) in [5, 5.41) is 12.9. The highest BCUT2D eigenvalue weighted by molar-refractivity contribution is 7.26. The van der Waals surface area contributed by atoms with Gasteiger partial charge in [0, 0.05) is 26.8 Å². The van der Waals surface area contributed by atoms with Gasteiger partial charge in [-0.3, -0.25) is 0 Å². The minimum Gasteiger partial charge on any atom is -0.309 e. The molecular weight excluding hydrogens is 671 g/mol. The minimum absolute atomic E-state index is 1.12. The Kier molecular flexibility index (Phi) is 7.11. The second kappa shape index (κ2) is 12.4. The Bertz CT molecular complexity index is 3190. The van der Waals surface area contributed by atoms with Crippen molar-refractivity contribution in [2.24, 2.45) is 0 Å². The van der Waals surface area contributed by atoms with Gasteiger partial charge in [0.15, 0.2) is 0 Å². The fourth-order valence-electron chi connectivity index (χ4n) is 8.52. The summed E-state index contributed by atoms with van der Waals surface area (Å²) in [4.78, 5) is 2.44. The Morgan fingerprint density at radius 3 is 1.67 bits per heavy atom. The highest BCUT2D eigenvalue weighted by atomic mass is 32.1. The predicted octanol–water partition coefficient (Wildman–Crippen LogP) is 15.5. The number of benzene rings is 10. The van der Waals surface area contributed by atoms with Gasteiger partial charge in [-0.2, -0.15) is 0 Å². The van der Waals surface area contributed by atoms with Crippen molar-refractivity contribution in [3.63, 3.8) is 0 Å². The Hall–Kier alpha value is -6.74. The van der Waals surface area contributed by atoms with E-state index in [1.54, 1.807) is 0 Å². The van der Waals surface area contributed by atoms with E-state index in [9.17, 15) is 0 Å². The molecule has 0 radical (unpaired) electrons. The monoisotopic (exact) mass is 703 g/mol. The molecule has 0 aliphatic rings. The second-order valence-corrected chi connectivity index (χ2v) is 15.1. The number of hydrogen-bond acceptors (Lipinski definition) is 2. The maximum Gasteiger partial charge on any atom is 0.0640 e. The topological polar surface area (TPSA) is 3.24 Å². The average Bonchev–Trinajstić information content (AvgIpc) is 3.63. The second-order valence-electron chi connectivity index (χ2n) is 14.1. The van der Waals surface area contributed by atoms with Crippen molar-refractivity contribution in [1.29, 1.82) is 0 Å². The molecule has 0 N–H and O–H groups in total. The third-order valence-corrected chi connectivity index (χ3v) is 12.2. The number of anilines is 3. The van der Waals surface area contributed by atoms with Crippen LogP contribution in [-0.2, 0) is 0 Å². The minimum atomic E-state index is 1.12. The molecule has 2 heteroatoms. The smallest absolute Gasteiger partial charge is 0.0640 e. The first-order valence-electron chi connectivity index (χ1n) is 18.5. The highest BCUT2D eigenvalue weighted by Crippen LogP contribution is 2.46. The molecule has 0 bridgehead atoms. The summed E-state index contributed by atoms with van der Waals surface area (Å²) < 4.78 is 2.59. The van der Waals surface area contributed by atoms with E-state index in [1.165, 1.54) is 91.2 Å². The SMILES string of the molecule is c1cc(-c2cccc3ccccc23)cc(N(c2ccc(-c3ccc4c5ccccc5c5ccccc5c4c3)cc2)c2cccc3c2sc2ccccc23)c1. The molecule has 11 aromatic rings. The molecule has 252 valence electrons. The number of fused-ring (bicyclic) bond motifs is 10. The largest absolute Gasteiger partial charge is 0.309 e. The lowest BCUT2D eigenvalue weighted by Gasteiger charge is -2.27. The lowest BCUT2D eigenvalue weighted by atomic mass is 9.92. The van der Waals surface area contributed by atoms with Crippen LogP contribution in [-0.4, -0.2) is 0 Å². The Balaban J connectivity index is 1.08. The summed E-state index contributed by atoms with van der Waals surface area (Å²) in [7, 11) is 0. The standard InChI is InChI=1S/C52H33NS/c1-2-16-40-35(12-1)13-10-22-41(40)37-14-9-15-39(32-37)53(50-24-11-23-48-47-21-7-8-25-51(47)54-52(48)50)38-29-26-34(27-30-38)36-28-31-46-44-19-4-3-17-42(44)43-18-5-6-20-45(43)49(46)33-36/h1-33H. The zero-order chi connectivity index (χ0) is 35.6. The molecular formula is C52H33NS. The van der Waals surface area contributed by atoms with E-state index in [0.29, 0.717) is 0 Å². The molecule has 0 amide bonds. The number of nitrogens with zero attached hydrogens (tertiary/aromatic N) is 1. The van der Waals surface area contributed by atoms with Crippen molar-refractivity contribution in [2.45, 2.75) is 0 Å². The Labute approximate surface area is 317 Å². The van der Waals surface area contributed by atoms with E-state index in [1.807, 2.05) is 11.3 Å². The summed E-state index contributed by atoms with van der Waals surface area (Å²) in [5.74, 6) is 0. The van der Waals surface area contributed by atoms with Gasteiger partial charge >= 0.3 is 0 Å². The van der Waals surface area contributed by atoms with E-state index < -0.39 is 0 Å². The zero-order valence-electron chi connectivity index (χ0n) is 29.4. The van der Waals surface area contributed by atoms with E-state index in [-0.39, 0.29) is 0 Å². The van der Waals surface area contributed by atoms with E-state index >= 15 is 0 Å². The molecule has 1 heterocycles. The first kappa shape index (κ1) is 30.8. The first-order valence-corrected chi connectivity index (χ1v) is 19.3. The molecule has 0 aliphatic carbocycles. The normalized spacial score (nSPS) is 11.7. The van der Waals surface area contributed by atoms with Crippen LogP contribution in [0, 0.1) is 0 Å². The molecule has 0 unspecified atom stereocenters. The summed E-state index contributed by atoms with van der Waals surface area (Å²) in [6.07, 6.45) is 0. The molecule has 0 aliphatic heterocycles. The molecule has 11 rings (SSSR count). The molecule has 1 nitrogen and oxygen atoms in total. The van der Waals surface area contributed by atoms with Crippen molar-refractivity contribution in [3.8, 4) is 22.3 Å². The molecule has 54 heavy (non-hydrogen) atoms. The van der Waals surface area contributed by atoms with Crippen LogP contribution in [0.25, 0.3) is 85.5 Å². The van der Waals surface area contributed by atoms with Crippen LogP contribution in [0.2, 0.25) is 0 Å². The molecule has 0 spiro atoms. The van der Waals surface area contributed by atoms with Gasteiger partial charge in [0.1, 0.15) is 0 Å². The predicted molar refractivity (Wildman–Crippen MR) is 235 cm³/mol. The first-order chi connectivity index (χ1) is 26.8.